The molecule has 0 aliphatic rings. The first-order valence-corrected chi connectivity index (χ1v) is 10.8. The molecule has 7 heteroatoms. The molecule has 0 fully saturated rings. The number of sulfonamides is 1. The number of fused-ring (bicyclic) bond motifs is 1. The number of para-hydroxylation sites is 1. The van der Waals surface area contributed by atoms with Crippen molar-refractivity contribution in [2.45, 2.75) is 31.8 Å². The molecule has 1 N–H and O–H groups in total. The minimum atomic E-state index is -3.70. The Morgan fingerprint density at radius 2 is 1.79 bits per heavy atom. The largest absolute Gasteiger partial charge is 0.331 e. The van der Waals surface area contributed by atoms with Crippen molar-refractivity contribution >= 4 is 20.9 Å². The van der Waals surface area contributed by atoms with Crippen LogP contribution in [0.15, 0.2) is 72.0 Å². The highest BCUT2D eigenvalue weighted by molar-refractivity contribution is 7.89. The average Bonchev–Trinajstić information content (AvgIpc) is 3.10. The number of hydrogen-bond acceptors (Lipinski definition) is 4. The standard InChI is InChI=1S/C22H22N4O2S/c1-16-11-20-7-4-8-21(22(20)24-13-16)29(27,28)25-14-18-5-3-6-19(12-18)15-26-10-9-23-17(26)2/h3-13,25H,14-15H2,1-2H3. The zero-order valence-corrected chi connectivity index (χ0v) is 17.1. The van der Waals surface area contributed by atoms with E-state index in [9.17, 15) is 8.42 Å². The van der Waals surface area contributed by atoms with Crippen LogP contribution in [0.25, 0.3) is 10.9 Å². The van der Waals surface area contributed by atoms with Crippen LogP contribution in [-0.4, -0.2) is 23.0 Å². The number of imidazole rings is 1. The normalized spacial score (nSPS) is 11.8. The Hall–Kier alpha value is -3.03. The predicted molar refractivity (Wildman–Crippen MR) is 113 cm³/mol. The molecule has 0 atom stereocenters. The second-order valence-electron chi connectivity index (χ2n) is 7.09. The Bertz CT molecular complexity index is 1280. The van der Waals surface area contributed by atoms with E-state index in [-0.39, 0.29) is 11.4 Å². The van der Waals surface area contributed by atoms with Gasteiger partial charge in [-0.1, -0.05) is 36.4 Å². The first kappa shape index (κ1) is 19.3. The number of nitrogens with zero attached hydrogens (tertiary/aromatic N) is 3. The van der Waals surface area contributed by atoms with Crippen molar-refractivity contribution in [3.8, 4) is 0 Å². The monoisotopic (exact) mass is 406 g/mol. The zero-order chi connectivity index (χ0) is 20.4. The summed E-state index contributed by atoms with van der Waals surface area (Å²) < 4.78 is 30.6. The fraction of sp³-hybridized carbons (Fsp3) is 0.182. The smallest absolute Gasteiger partial charge is 0.243 e. The molecule has 6 nitrogen and oxygen atoms in total. The van der Waals surface area contributed by atoms with E-state index in [1.807, 2.05) is 61.0 Å². The van der Waals surface area contributed by atoms with Crippen molar-refractivity contribution in [1.29, 1.82) is 0 Å². The maximum Gasteiger partial charge on any atom is 0.243 e. The van der Waals surface area contributed by atoms with E-state index in [1.54, 1.807) is 24.5 Å². The fourth-order valence-electron chi connectivity index (χ4n) is 3.32. The van der Waals surface area contributed by atoms with Gasteiger partial charge in [-0.15, -0.1) is 0 Å². The maximum absolute atomic E-state index is 12.9. The molecule has 0 aliphatic carbocycles. The van der Waals surface area contributed by atoms with Gasteiger partial charge in [0.25, 0.3) is 0 Å². The maximum atomic E-state index is 12.9. The summed E-state index contributed by atoms with van der Waals surface area (Å²) in [6.45, 7) is 4.79. The van der Waals surface area contributed by atoms with E-state index in [0.717, 1.165) is 27.9 Å². The molecular formula is C22H22N4O2S. The lowest BCUT2D eigenvalue weighted by atomic mass is 10.1. The van der Waals surface area contributed by atoms with Gasteiger partial charge in [0.15, 0.2) is 0 Å². The Balaban J connectivity index is 1.54. The SMILES string of the molecule is Cc1cnc2c(S(=O)(=O)NCc3cccc(Cn4ccnc4C)c3)cccc2c1. The van der Waals surface area contributed by atoms with Gasteiger partial charge in [0.2, 0.25) is 10.0 Å². The molecule has 0 unspecified atom stereocenters. The van der Waals surface area contributed by atoms with Crippen molar-refractivity contribution in [2.24, 2.45) is 0 Å². The van der Waals surface area contributed by atoms with Crippen LogP contribution in [-0.2, 0) is 23.1 Å². The lowest BCUT2D eigenvalue weighted by Gasteiger charge is -2.11. The molecule has 0 radical (unpaired) electrons. The van der Waals surface area contributed by atoms with Crippen LogP contribution >= 0.6 is 0 Å². The van der Waals surface area contributed by atoms with E-state index in [0.29, 0.717) is 12.1 Å². The molecule has 29 heavy (non-hydrogen) atoms. The molecule has 0 bridgehead atoms. The van der Waals surface area contributed by atoms with E-state index in [4.69, 9.17) is 0 Å². The number of nitrogens with one attached hydrogen (secondary N) is 1. The van der Waals surface area contributed by atoms with Gasteiger partial charge in [-0.3, -0.25) is 4.98 Å². The first-order valence-electron chi connectivity index (χ1n) is 9.33. The minimum absolute atomic E-state index is 0.195. The highest BCUT2D eigenvalue weighted by Crippen LogP contribution is 2.22. The Labute approximate surface area is 170 Å². The van der Waals surface area contributed by atoms with Crippen LogP contribution in [0.5, 0.6) is 0 Å². The van der Waals surface area contributed by atoms with Crippen LogP contribution in [0.2, 0.25) is 0 Å². The average molecular weight is 407 g/mol. The van der Waals surface area contributed by atoms with Crippen LogP contribution in [0.3, 0.4) is 0 Å². The summed E-state index contributed by atoms with van der Waals surface area (Å²) in [5.41, 5.74) is 3.46. The Morgan fingerprint density at radius 1 is 1.00 bits per heavy atom. The van der Waals surface area contributed by atoms with Gasteiger partial charge in [0.1, 0.15) is 10.7 Å². The Kier molecular flexibility index (Phi) is 5.17. The van der Waals surface area contributed by atoms with E-state index in [1.165, 1.54) is 0 Å². The molecular weight excluding hydrogens is 384 g/mol. The third-order valence-corrected chi connectivity index (χ3v) is 6.27. The topological polar surface area (TPSA) is 76.9 Å². The van der Waals surface area contributed by atoms with Gasteiger partial charge < -0.3 is 4.57 Å². The second kappa shape index (κ2) is 7.77. The summed E-state index contributed by atoms with van der Waals surface area (Å²) in [6, 6.07) is 15.0. The summed E-state index contributed by atoms with van der Waals surface area (Å²) in [5, 5.41) is 0.811. The summed E-state index contributed by atoms with van der Waals surface area (Å²) in [4.78, 5) is 8.77. The summed E-state index contributed by atoms with van der Waals surface area (Å²) in [5.74, 6) is 0.940. The van der Waals surface area contributed by atoms with Gasteiger partial charge in [-0.25, -0.2) is 18.1 Å². The van der Waals surface area contributed by atoms with Crippen LogP contribution in [0, 0.1) is 13.8 Å². The van der Waals surface area contributed by atoms with Crippen LogP contribution in [0.1, 0.15) is 22.5 Å². The van der Waals surface area contributed by atoms with Crippen LogP contribution in [0.4, 0.5) is 0 Å². The molecule has 4 aromatic rings. The molecule has 4 rings (SSSR count). The van der Waals surface area contributed by atoms with Gasteiger partial charge in [0, 0.05) is 37.1 Å². The molecule has 0 spiro atoms. The Morgan fingerprint density at radius 3 is 2.59 bits per heavy atom. The van der Waals surface area contributed by atoms with E-state index < -0.39 is 10.0 Å². The number of rotatable bonds is 6. The van der Waals surface area contributed by atoms with Crippen molar-refractivity contribution in [3.63, 3.8) is 0 Å². The fourth-order valence-corrected chi connectivity index (χ4v) is 4.52. The van der Waals surface area contributed by atoms with Crippen molar-refractivity contribution in [3.05, 3.63) is 89.6 Å². The van der Waals surface area contributed by atoms with Crippen molar-refractivity contribution in [2.75, 3.05) is 0 Å². The number of benzene rings is 2. The quantitative estimate of drug-likeness (QED) is 0.531. The third-order valence-electron chi connectivity index (χ3n) is 4.83. The number of pyridine rings is 1. The molecule has 0 saturated carbocycles. The zero-order valence-electron chi connectivity index (χ0n) is 16.3. The summed E-state index contributed by atoms with van der Waals surface area (Å²) in [7, 11) is -3.70. The first-order chi connectivity index (χ1) is 13.9. The van der Waals surface area contributed by atoms with Crippen molar-refractivity contribution < 1.29 is 8.42 Å². The lowest BCUT2D eigenvalue weighted by Crippen LogP contribution is -2.23. The molecule has 0 amide bonds. The number of aryl methyl sites for hydroxylation is 2. The van der Waals surface area contributed by atoms with Crippen molar-refractivity contribution in [1.82, 2.24) is 19.3 Å². The molecule has 2 aromatic carbocycles. The summed E-state index contributed by atoms with van der Waals surface area (Å²) in [6.07, 6.45) is 5.38. The molecule has 2 aromatic heterocycles. The van der Waals surface area contributed by atoms with E-state index in [2.05, 4.69) is 14.7 Å². The summed E-state index contributed by atoms with van der Waals surface area (Å²) >= 11 is 0. The van der Waals surface area contributed by atoms with Gasteiger partial charge in [0.05, 0.1) is 5.52 Å². The second-order valence-corrected chi connectivity index (χ2v) is 8.82. The molecule has 148 valence electrons. The lowest BCUT2D eigenvalue weighted by molar-refractivity contribution is 0.582. The number of aromatic nitrogens is 3. The van der Waals surface area contributed by atoms with Crippen LogP contribution < -0.4 is 4.72 Å². The van der Waals surface area contributed by atoms with Gasteiger partial charge >= 0.3 is 0 Å². The highest BCUT2D eigenvalue weighted by Gasteiger charge is 2.18. The minimum Gasteiger partial charge on any atom is -0.331 e. The van der Waals surface area contributed by atoms with E-state index >= 15 is 0 Å². The molecule has 2 heterocycles. The third kappa shape index (κ3) is 4.21. The molecule has 0 aliphatic heterocycles. The molecule has 0 saturated heterocycles. The van der Waals surface area contributed by atoms with Gasteiger partial charge in [-0.2, -0.15) is 0 Å². The highest BCUT2D eigenvalue weighted by atomic mass is 32.2. The van der Waals surface area contributed by atoms with Gasteiger partial charge in [-0.05, 0) is 42.7 Å². The number of hydrogen-bond donors (Lipinski definition) is 1. The predicted octanol–water partition coefficient (Wildman–Crippen LogP) is 3.57.